The molecule has 88 valence electrons. The lowest BCUT2D eigenvalue weighted by Gasteiger charge is -2.04. The van der Waals surface area contributed by atoms with Gasteiger partial charge in [-0.1, -0.05) is 13.8 Å². The van der Waals surface area contributed by atoms with Crippen LogP contribution in [0.15, 0.2) is 0 Å². The maximum absolute atomic E-state index is 11.6. The molecule has 0 radical (unpaired) electrons. The van der Waals surface area contributed by atoms with Gasteiger partial charge in [0.15, 0.2) is 0 Å². The lowest BCUT2D eigenvalue weighted by molar-refractivity contribution is -0.140. The largest absolute Gasteiger partial charge is 0.481 e. The van der Waals surface area contributed by atoms with E-state index in [2.05, 4.69) is 5.32 Å². The SMILES string of the molecule is CC1(C)[C@H](C(=O)O)[C@@H]1C(=O)NCCCC#N. The first-order valence-electron chi connectivity index (χ1n) is 5.30. The van der Waals surface area contributed by atoms with Crippen molar-refractivity contribution in [3.05, 3.63) is 0 Å². The zero-order chi connectivity index (χ0) is 12.3. The monoisotopic (exact) mass is 224 g/mol. The predicted octanol–water partition coefficient (Wildman–Crippen LogP) is 0.763. The molecule has 1 aliphatic rings. The number of hydrogen-bond donors (Lipinski definition) is 2. The standard InChI is InChI=1S/C11H16N2O3/c1-11(2)7(8(11)10(15)16)9(14)13-6-4-3-5-12/h7-8H,3-4,6H2,1-2H3,(H,13,14)(H,15,16)/t7-,8+/m1/s1. The highest BCUT2D eigenvalue weighted by Crippen LogP contribution is 2.58. The summed E-state index contributed by atoms with van der Waals surface area (Å²) in [5, 5.41) is 19.9. The summed E-state index contributed by atoms with van der Waals surface area (Å²) in [6.45, 7) is 4.00. The summed E-state index contributed by atoms with van der Waals surface area (Å²) < 4.78 is 0. The third-order valence-corrected chi connectivity index (χ3v) is 3.14. The van der Waals surface area contributed by atoms with E-state index in [-0.39, 0.29) is 5.91 Å². The van der Waals surface area contributed by atoms with Crippen LogP contribution in [-0.4, -0.2) is 23.5 Å². The van der Waals surface area contributed by atoms with Crippen LogP contribution < -0.4 is 5.32 Å². The molecule has 0 aliphatic heterocycles. The Bertz CT molecular complexity index is 344. The number of carboxylic acids is 1. The molecular weight excluding hydrogens is 208 g/mol. The van der Waals surface area contributed by atoms with E-state index in [4.69, 9.17) is 10.4 Å². The molecule has 0 spiro atoms. The van der Waals surface area contributed by atoms with Crippen molar-refractivity contribution in [2.24, 2.45) is 17.3 Å². The van der Waals surface area contributed by atoms with Gasteiger partial charge in [0.05, 0.1) is 17.9 Å². The van der Waals surface area contributed by atoms with Crippen LogP contribution >= 0.6 is 0 Å². The van der Waals surface area contributed by atoms with Crippen LogP contribution in [0.3, 0.4) is 0 Å². The summed E-state index contributed by atoms with van der Waals surface area (Å²) in [6, 6.07) is 1.98. The third-order valence-electron chi connectivity index (χ3n) is 3.14. The predicted molar refractivity (Wildman–Crippen MR) is 56.3 cm³/mol. The van der Waals surface area contributed by atoms with Crippen molar-refractivity contribution in [1.82, 2.24) is 5.32 Å². The Balaban J connectivity index is 2.40. The maximum atomic E-state index is 11.6. The molecule has 0 aromatic rings. The van der Waals surface area contributed by atoms with E-state index >= 15 is 0 Å². The number of nitriles is 1. The zero-order valence-electron chi connectivity index (χ0n) is 9.49. The molecule has 1 saturated carbocycles. The first-order valence-corrected chi connectivity index (χ1v) is 5.30. The first kappa shape index (κ1) is 12.5. The summed E-state index contributed by atoms with van der Waals surface area (Å²) in [5.74, 6) is -2.15. The average Bonchev–Trinajstić information content (AvgIpc) is 2.76. The van der Waals surface area contributed by atoms with E-state index in [9.17, 15) is 9.59 Å². The van der Waals surface area contributed by atoms with E-state index in [1.807, 2.05) is 6.07 Å². The van der Waals surface area contributed by atoms with Crippen molar-refractivity contribution in [2.75, 3.05) is 6.54 Å². The van der Waals surface area contributed by atoms with Gasteiger partial charge in [-0.3, -0.25) is 9.59 Å². The molecule has 1 rings (SSSR count). The third kappa shape index (κ3) is 2.32. The Morgan fingerprint density at radius 3 is 2.50 bits per heavy atom. The average molecular weight is 224 g/mol. The molecule has 1 fully saturated rings. The molecule has 2 N–H and O–H groups in total. The Hall–Kier alpha value is -1.57. The molecule has 2 atom stereocenters. The second kappa shape index (κ2) is 4.52. The number of aliphatic carboxylic acids is 1. The quantitative estimate of drug-likeness (QED) is 0.675. The lowest BCUT2D eigenvalue weighted by atomic mass is 10.1. The van der Waals surface area contributed by atoms with Crippen molar-refractivity contribution < 1.29 is 14.7 Å². The minimum Gasteiger partial charge on any atom is -0.481 e. The van der Waals surface area contributed by atoms with Crippen LogP contribution in [0.25, 0.3) is 0 Å². The van der Waals surface area contributed by atoms with Crippen LogP contribution in [-0.2, 0) is 9.59 Å². The molecule has 0 aromatic heterocycles. The molecule has 0 bridgehead atoms. The van der Waals surface area contributed by atoms with Crippen LogP contribution in [0.2, 0.25) is 0 Å². The topological polar surface area (TPSA) is 90.2 Å². The fourth-order valence-electron chi connectivity index (χ4n) is 2.08. The Morgan fingerprint density at radius 1 is 1.44 bits per heavy atom. The maximum Gasteiger partial charge on any atom is 0.307 e. The van der Waals surface area contributed by atoms with Crippen LogP contribution in [0.1, 0.15) is 26.7 Å². The molecule has 16 heavy (non-hydrogen) atoms. The molecule has 1 aliphatic carbocycles. The number of hydrogen-bond acceptors (Lipinski definition) is 3. The van der Waals surface area contributed by atoms with Gasteiger partial charge in [-0.05, 0) is 11.8 Å². The van der Waals surface area contributed by atoms with Crippen molar-refractivity contribution in [1.29, 1.82) is 5.26 Å². The number of amides is 1. The first-order chi connectivity index (χ1) is 7.42. The second-order valence-electron chi connectivity index (χ2n) is 4.67. The van der Waals surface area contributed by atoms with E-state index in [1.165, 1.54) is 0 Å². The van der Waals surface area contributed by atoms with Gasteiger partial charge < -0.3 is 10.4 Å². The van der Waals surface area contributed by atoms with Crippen molar-refractivity contribution in [2.45, 2.75) is 26.7 Å². The number of unbranched alkanes of at least 4 members (excludes halogenated alkanes) is 1. The smallest absolute Gasteiger partial charge is 0.307 e. The number of rotatable bonds is 5. The summed E-state index contributed by atoms with van der Waals surface area (Å²) in [5.41, 5.74) is -0.453. The van der Waals surface area contributed by atoms with Crippen molar-refractivity contribution in [3.8, 4) is 6.07 Å². The van der Waals surface area contributed by atoms with E-state index in [1.54, 1.807) is 13.8 Å². The molecule has 1 amide bonds. The molecule has 0 unspecified atom stereocenters. The van der Waals surface area contributed by atoms with Gasteiger partial charge in [0, 0.05) is 13.0 Å². The fraction of sp³-hybridized carbons (Fsp3) is 0.727. The Morgan fingerprint density at radius 2 is 2.06 bits per heavy atom. The van der Waals surface area contributed by atoms with E-state index in [0.717, 1.165) is 0 Å². The minimum absolute atomic E-state index is 0.213. The molecular formula is C11H16N2O3. The van der Waals surface area contributed by atoms with Gasteiger partial charge in [-0.25, -0.2) is 0 Å². The van der Waals surface area contributed by atoms with Crippen LogP contribution in [0.4, 0.5) is 0 Å². The second-order valence-corrected chi connectivity index (χ2v) is 4.67. The number of nitrogens with zero attached hydrogens (tertiary/aromatic N) is 1. The molecule has 5 heteroatoms. The Labute approximate surface area is 94.4 Å². The summed E-state index contributed by atoms with van der Waals surface area (Å²) in [6.07, 6.45) is 1.00. The van der Waals surface area contributed by atoms with Gasteiger partial charge in [0.25, 0.3) is 0 Å². The fourth-order valence-corrected chi connectivity index (χ4v) is 2.08. The Kier molecular flexibility index (Phi) is 3.53. The van der Waals surface area contributed by atoms with Gasteiger partial charge in [-0.15, -0.1) is 0 Å². The summed E-state index contributed by atoms with van der Waals surface area (Å²) in [4.78, 5) is 22.5. The molecule has 5 nitrogen and oxygen atoms in total. The van der Waals surface area contributed by atoms with E-state index in [0.29, 0.717) is 19.4 Å². The van der Waals surface area contributed by atoms with Crippen LogP contribution in [0.5, 0.6) is 0 Å². The van der Waals surface area contributed by atoms with Crippen molar-refractivity contribution in [3.63, 3.8) is 0 Å². The molecule has 0 saturated heterocycles. The highest BCUT2D eigenvalue weighted by Gasteiger charge is 2.65. The van der Waals surface area contributed by atoms with Gasteiger partial charge in [0.2, 0.25) is 5.91 Å². The minimum atomic E-state index is -0.915. The number of carbonyl (C=O) groups excluding carboxylic acids is 1. The van der Waals surface area contributed by atoms with Crippen molar-refractivity contribution >= 4 is 11.9 Å². The van der Waals surface area contributed by atoms with E-state index < -0.39 is 23.2 Å². The molecule has 0 aromatic carbocycles. The zero-order valence-corrected chi connectivity index (χ0v) is 9.49. The number of nitrogens with one attached hydrogen (secondary N) is 1. The van der Waals surface area contributed by atoms with Gasteiger partial charge in [-0.2, -0.15) is 5.26 Å². The highest BCUT2D eigenvalue weighted by molar-refractivity contribution is 5.91. The normalized spacial score (nSPS) is 25.6. The molecule has 0 heterocycles. The highest BCUT2D eigenvalue weighted by atomic mass is 16.4. The van der Waals surface area contributed by atoms with Gasteiger partial charge in [0.1, 0.15) is 0 Å². The lowest BCUT2D eigenvalue weighted by Crippen LogP contribution is -2.28. The van der Waals surface area contributed by atoms with Crippen LogP contribution in [0, 0.1) is 28.6 Å². The number of carbonyl (C=O) groups is 2. The van der Waals surface area contributed by atoms with Gasteiger partial charge >= 0.3 is 5.97 Å². The summed E-state index contributed by atoms with van der Waals surface area (Å²) in [7, 11) is 0. The summed E-state index contributed by atoms with van der Waals surface area (Å²) >= 11 is 0. The number of carboxylic acid groups (broad SMARTS) is 1.